The molecule has 1 aromatic carbocycles. The van der Waals surface area contributed by atoms with Crippen molar-refractivity contribution in [1.29, 1.82) is 0 Å². The molecule has 1 fully saturated rings. The van der Waals surface area contributed by atoms with Gasteiger partial charge in [-0.15, -0.1) is 5.06 Å². The van der Waals surface area contributed by atoms with Crippen LogP contribution in [0.15, 0.2) is 36.4 Å². The first-order valence-corrected chi connectivity index (χ1v) is 13.7. The minimum Gasteiger partial charge on any atom is -0.481 e. The van der Waals surface area contributed by atoms with E-state index in [-0.39, 0.29) is 76.2 Å². The second-order valence-corrected chi connectivity index (χ2v) is 9.39. The number of rotatable bonds is 15. The molecule has 0 unspecified atom stereocenters. The number of carboxylic acids is 1. The Labute approximate surface area is 249 Å². The van der Waals surface area contributed by atoms with E-state index in [9.17, 15) is 24.3 Å². The van der Waals surface area contributed by atoms with Crippen molar-refractivity contribution in [2.75, 3.05) is 60.2 Å². The van der Waals surface area contributed by atoms with Crippen molar-refractivity contribution < 1.29 is 48.1 Å². The first-order valence-electron chi connectivity index (χ1n) is 13.7. The number of ether oxygens (including phenoxy) is 4. The van der Waals surface area contributed by atoms with Crippen molar-refractivity contribution in [2.24, 2.45) is 0 Å². The number of aliphatic carboxylic acids is 1. The maximum Gasteiger partial charge on any atom is 0.527 e. The summed E-state index contributed by atoms with van der Waals surface area (Å²) in [6, 6.07) is 9.15. The summed E-state index contributed by atoms with van der Waals surface area (Å²) < 4.78 is 21.0. The highest BCUT2D eigenvalue weighted by atomic mass is 16.8. The van der Waals surface area contributed by atoms with Crippen molar-refractivity contribution in [3.63, 3.8) is 0 Å². The largest absolute Gasteiger partial charge is 0.527 e. The van der Waals surface area contributed by atoms with E-state index < -0.39 is 36.1 Å². The third-order valence-electron chi connectivity index (χ3n) is 6.34. The van der Waals surface area contributed by atoms with Crippen LogP contribution in [0.4, 0.5) is 4.79 Å². The van der Waals surface area contributed by atoms with Gasteiger partial charge in [-0.1, -0.05) is 30.3 Å². The number of carboxylic acid groups (broad SMARTS) is 1. The van der Waals surface area contributed by atoms with Gasteiger partial charge in [0, 0.05) is 45.4 Å². The Morgan fingerprint density at radius 1 is 1.02 bits per heavy atom. The average Bonchev–Trinajstić information content (AvgIpc) is 3.01. The Kier molecular flexibility index (Phi) is 13.1. The first kappa shape index (κ1) is 33.2. The van der Waals surface area contributed by atoms with Crippen molar-refractivity contribution >= 4 is 23.9 Å². The van der Waals surface area contributed by atoms with E-state index in [0.717, 1.165) is 0 Å². The lowest BCUT2D eigenvalue weighted by Crippen LogP contribution is -2.55. The third-order valence-corrected chi connectivity index (χ3v) is 6.34. The van der Waals surface area contributed by atoms with E-state index in [1.807, 2.05) is 6.07 Å². The number of aromatic nitrogens is 2. The number of hydrogen-bond donors (Lipinski definition) is 2. The highest BCUT2D eigenvalue weighted by Crippen LogP contribution is 2.20. The molecule has 15 nitrogen and oxygen atoms in total. The van der Waals surface area contributed by atoms with E-state index in [2.05, 4.69) is 15.3 Å². The van der Waals surface area contributed by atoms with Crippen molar-refractivity contribution in [3.8, 4) is 17.3 Å². The third kappa shape index (κ3) is 10.5. The minimum absolute atomic E-state index is 0.0784. The highest BCUT2D eigenvalue weighted by Gasteiger charge is 2.31. The number of piperazine rings is 1. The zero-order chi connectivity index (χ0) is 31.2. The molecule has 3 rings (SSSR count). The van der Waals surface area contributed by atoms with Crippen LogP contribution in [-0.4, -0.2) is 121 Å². The summed E-state index contributed by atoms with van der Waals surface area (Å²) in [7, 11) is 3.05. The summed E-state index contributed by atoms with van der Waals surface area (Å²) in [5.41, 5.74) is 0.550. The maximum absolute atomic E-state index is 13.5. The second-order valence-electron chi connectivity index (χ2n) is 9.39. The molecule has 0 bridgehead atoms. The SMILES string of the molecule is CCOC(=O)ON1CCN(C(=O)[C@H](CCC(=O)O)NC(=O)c2cc(OC[C@@H](COC)OC)nc(-c3ccccc3)n2)CC1. The van der Waals surface area contributed by atoms with Gasteiger partial charge in [0.2, 0.25) is 11.8 Å². The number of carbonyl (C=O) groups is 4. The van der Waals surface area contributed by atoms with E-state index in [0.29, 0.717) is 5.56 Å². The summed E-state index contributed by atoms with van der Waals surface area (Å²) in [5.74, 6) is -1.98. The van der Waals surface area contributed by atoms with Gasteiger partial charge in [0.15, 0.2) is 5.82 Å². The van der Waals surface area contributed by atoms with Gasteiger partial charge in [0.05, 0.1) is 26.3 Å². The van der Waals surface area contributed by atoms with Crippen LogP contribution in [0, 0.1) is 0 Å². The van der Waals surface area contributed by atoms with Crippen LogP contribution < -0.4 is 10.1 Å². The van der Waals surface area contributed by atoms with Crippen LogP contribution in [0.3, 0.4) is 0 Å². The predicted octanol–water partition coefficient (Wildman–Crippen LogP) is 1.38. The summed E-state index contributed by atoms with van der Waals surface area (Å²) in [6.07, 6.45) is -1.73. The van der Waals surface area contributed by atoms with Gasteiger partial charge in [-0.2, -0.15) is 4.98 Å². The zero-order valence-electron chi connectivity index (χ0n) is 24.4. The van der Waals surface area contributed by atoms with Crippen LogP contribution >= 0.6 is 0 Å². The molecule has 1 aliphatic heterocycles. The van der Waals surface area contributed by atoms with Gasteiger partial charge in [-0.25, -0.2) is 9.78 Å². The smallest absolute Gasteiger partial charge is 0.481 e. The highest BCUT2D eigenvalue weighted by molar-refractivity contribution is 5.96. The molecule has 0 saturated carbocycles. The number of amides is 2. The Hall–Kier alpha value is -4.34. The molecular formula is C28H37N5O10. The van der Waals surface area contributed by atoms with E-state index in [1.54, 1.807) is 31.2 Å². The van der Waals surface area contributed by atoms with Gasteiger partial charge in [-0.3, -0.25) is 14.4 Å². The predicted molar refractivity (Wildman–Crippen MR) is 150 cm³/mol. The Morgan fingerprint density at radius 2 is 1.74 bits per heavy atom. The van der Waals surface area contributed by atoms with Crippen molar-refractivity contribution in [1.82, 2.24) is 25.2 Å². The molecule has 2 N–H and O–H groups in total. The molecule has 43 heavy (non-hydrogen) atoms. The lowest BCUT2D eigenvalue weighted by atomic mass is 10.1. The second kappa shape index (κ2) is 16.9. The monoisotopic (exact) mass is 603 g/mol. The van der Waals surface area contributed by atoms with Crippen LogP contribution in [0.1, 0.15) is 30.3 Å². The van der Waals surface area contributed by atoms with Crippen molar-refractivity contribution in [2.45, 2.75) is 31.9 Å². The molecule has 234 valence electrons. The molecule has 0 aliphatic carbocycles. The number of carbonyl (C=O) groups excluding carboxylic acids is 3. The fourth-order valence-electron chi connectivity index (χ4n) is 4.11. The molecule has 15 heteroatoms. The standard InChI is InChI=1S/C28H37N5O10/c1-4-41-28(38)43-33-14-12-32(13-15-33)27(37)21(10-11-24(34)35)30-26(36)22-16-23(42-18-20(40-3)17-39-2)31-25(29-22)19-8-6-5-7-9-19/h5-9,16,20-21H,4,10-15,17-18H2,1-3H3,(H,30,36)(H,34,35)/t20-,21+/m1/s1. The Morgan fingerprint density at radius 3 is 2.37 bits per heavy atom. The van der Waals surface area contributed by atoms with Crippen LogP contribution in [-0.2, 0) is 28.6 Å². The summed E-state index contributed by atoms with van der Waals surface area (Å²) >= 11 is 0. The Balaban J connectivity index is 1.78. The molecule has 0 spiro atoms. The van der Waals surface area contributed by atoms with Crippen molar-refractivity contribution in [3.05, 3.63) is 42.1 Å². The van der Waals surface area contributed by atoms with Gasteiger partial charge in [0.25, 0.3) is 5.91 Å². The van der Waals surface area contributed by atoms with E-state index >= 15 is 0 Å². The molecule has 1 aliphatic rings. The lowest BCUT2D eigenvalue weighted by molar-refractivity contribution is -0.157. The number of hydrogen-bond acceptors (Lipinski definition) is 12. The topological polar surface area (TPSA) is 179 Å². The number of methoxy groups -OCH3 is 2. The van der Waals surface area contributed by atoms with Crippen LogP contribution in [0.5, 0.6) is 5.88 Å². The Bertz CT molecular complexity index is 1220. The van der Waals surface area contributed by atoms with Crippen LogP contribution in [0.25, 0.3) is 11.4 Å². The van der Waals surface area contributed by atoms with Gasteiger partial charge in [0.1, 0.15) is 24.4 Å². The molecule has 2 aromatic rings. The number of nitrogens with zero attached hydrogens (tertiary/aromatic N) is 4. The maximum atomic E-state index is 13.5. The molecule has 2 heterocycles. The normalized spacial score (nSPS) is 14.8. The van der Waals surface area contributed by atoms with Gasteiger partial charge in [-0.05, 0) is 13.3 Å². The van der Waals surface area contributed by atoms with Gasteiger partial charge >= 0.3 is 12.1 Å². The fourth-order valence-corrected chi connectivity index (χ4v) is 4.11. The molecule has 1 saturated heterocycles. The molecule has 2 amide bonds. The lowest BCUT2D eigenvalue weighted by Gasteiger charge is -2.35. The molecule has 1 aromatic heterocycles. The van der Waals surface area contributed by atoms with Gasteiger partial charge < -0.3 is 39.1 Å². The fraction of sp³-hybridized carbons (Fsp3) is 0.500. The number of hydroxylamine groups is 2. The van der Waals surface area contributed by atoms with E-state index in [4.69, 9.17) is 23.8 Å². The first-order chi connectivity index (χ1) is 20.7. The molecular weight excluding hydrogens is 566 g/mol. The molecule has 2 atom stereocenters. The number of nitrogens with one attached hydrogen (secondary N) is 1. The quantitative estimate of drug-likeness (QED) is 0.279. The van der Waals surface area contributed by atoms with Crippen LogP contribution in [0.2, 0.25) is 0 Å². The molecule has 0 radical (unpaired) electrons. The average molecular weight is 604 g/mol. The summed E-state index contributed by atoms with van der Waals surface area (Å²) in [4.78, 5) is 65.2. The number of benzene rings is 1. The summed E-state index contributed by atoms with van der Waals surface area (Å²) in [5, 5.41) is 13.3. The zero-order valence-corrected chi connectivity index (χ0v) is 24.4. The van der Waals surface area contributed by atoms with E-state index in [1.165, 1.54) is 30.2 Å². The minimum atomic E-state index is -1.15. The summed E-state index contributed by atoms with van der Waals surface area (Å²) in [6.45, 7) is 2.97.